The standard InChI is InChI=1S/C6H5BrS.5BrH/c7-5-1-3-6(8)4-2-5;;;;;/h1-4,8H;5*1H. The molecule has 0 fully saturated rings. The van der Waals surface area contributed by atoms with Gasteiger partial charge in [-0.15, -0.1) is 97.5 Å². The molecule has 0 saturated carbocycles. The second-order valence-corrected chi connectivity index (χ2v) is 2.91. The van der Waals surface area contributed by atoms with E-state index in [0.29, 0.717) is 0 Å². The van der Waals surface area contributed by atoms with Crippen LogP contribution < -0.4 is 0 Å². The third kappa shape index (κ3) is 14.5. The Morgan fingerprint density at radius 1 is 0.769 bits per heavy atom. The van der Waals surface area contributed by atoms with Crippen LogP contribution in [0.25, 0.3) is 0 Å². The number of benzene rings is 1. The molecule has 0 saturated heterocycles. The zero-order valence-corrected chi connectivity index (χ0v) is 17.2. The van der Waals surface area contributed by atoms with Gasteiger partial charge in [0.25, 0.3) is 0 Å². The zero-order valence-electron chi connectivity index (χ0n) is 6.18. The van der Waals surface area contributed by atoms with Crippen LogP contribution >= 0.6 is 113 Å². The predicted octanol–water partition coefficient (Wildman–Crippen LogP) is 5.63. The van der Waals surface area contributed by atoms with Crippen molar-refractivity contribution in [3.8, 4) is 0 Å². The van der Waals surface area contributed by atoms with E-state index in [4.69, 9.17) is 0 Å². The Morgan fingerprint density at radius 2 is 1.08 bits per heavy atom. The van der Waals surface area contributed by atoms with E-state index in [9.17, 15) is 0 Å². The van der Waals surface area contributed by atoms with Crippen molar-refractivity contribution in [2.75, 3.05) is 0 Å². The van der Waals surface area contributed by atoms with Crippen molar-refractivity contribution in [2.45, 2.75) is 4.90 Å². The van der Waals surface area contributed by atoms with Crippen LogP contribution in [0.4, 0.5) is 0 Å². The van der Waals surface area contributed by atoms with Gasteiger partial charge < -0.3 is 0 Å². The predicted molar refractivity (Wildman–Crippen MR) is 93.0 cm³/mol. The summed E-state index contributed by atoms with van der Waals surface area (Å²) >= 11 is 7.42. The minimum Gasteiger partial charge on any atom is -0.143 e. The lowest BCUT2D eigenvalue weighted by atomic mass is 10.4. The highest BCUT2D eigenvalue weighted by atomic mass is 79.9. The highest BCUT2D eigenvalue weighted by Gasteiger charge is 1.82. The molecule has 82 valence electrons. The van der Waals surface area contributed by atoms with Gasteiger partial charge in [-0.3, -0.25) is 0 Å². The van der Waals surface area contributed by atoms with Crippen LogP contribution in [0.2, 0.25) is 0 Å². The third-order valence-electron chi connectivity index (χ3n) is 0.827. The molecular weight excluding hydrogens is 584 g/mol. The van der Waals surface area contributed by atoms with Gasteiger partial charge in [0.2, 0.25) is 0 Å². The molecule has 0 amide bonds. The summed E-state index contributed by atoms with van der Waals surface area (Å²) in [7, 11) is 0. The summed E-state index contributed by atoms with van der Waals surface area (Å²) in [6, 6.07) is 7.80. The molecule has 0 aliphatic heterocycles. The quantitative estimate of drug-likeness (QED) is 0.371. The molecule has 0 bridgehead atoms. The Hall–Kier alpha value is 2.45. The first-order valence-corrected chi connectivity index (χ1v) is 3.47. The van der Waals surface area contributed by atoms with Crippen molar-refractivity contribution in [2.24, 2.45) is 0 Å². The summed E-state index contributed by atoms with van der Waals surface area (Å²) in [5, 5.41) is 0. The van der Waals surface area contributed by atoms with Crippen molar-refractivity contribution in [3.05, 3.63) is 28.7 Å². The minimum atomic E-state index is 0. The number of hydrogen-bond acceptors (Lipinski definition) is 1. The molecule has 0 spiro atoms. The van der Waals surface area contributed by atoms with Gasteiger partial charge in [0.1, 0.15) is 0 Å². The van der Waals surface area contributed by atoms with Gasteiger partial charge in [-0.2, -0.15) is 0 Å². The maximum absolute atomic E-state index is 4.11. The summed E-state index contributed by atoms with van der Waals surface area (Å²) in [6.45, 7) is 0. The fourth-order valence-electron chi connectivity index (χ4n) is 0.441. The number of rotatable bonds is 0. The average Bonchev–Trinajstić information content (AvgIpc) is 1.77. The van der Waals surface area contributed by atoms with Crippen molar-refractivity contribution >= 4 is 113 Å². The molecule has 0 heterocycles. The minimum absolute atomic E-state index is 0. The topological polar surface area (TPSA) is 0 Å². The Labute approximate surface area is 145 Å². The van der Waals surface area contributed by atoms with E-state index in [0.717, 1.165) is 9.37 Å². The Bertz CT molecular complexity index is 156. The van der Waals surface area contributed by atoms with Crippen LogP contribution in [0.1, 0.15) is 0 Å². The van der Waals surface area contributed by atoms with E-state index in [1.54, 1.807) is 0 Å². The average molecular weight is 594 g/mol. The second kappa shape index (κ2) is 16.9. The van der Waals surface area contributed by atoms with Crippen LogP contribution in [0.3, 0.4) is 0 Å². The number of hydrogen-bond donors (Lipinski definition) is 1. The van der Waals surface area contributed by atoms with Gasteiger partial charge in [-0.25, -0.2) is 0 Å². The van der Waals surface area contributed by atoms with Crippen molar-refractivity contribution in [3.63, 3.8) is 0 Å². The molecule has 1 rings (SSSR count). The lowest BCUT2D eigenvalue weighted by Crippen LogP contribution is -1.62. The van der Waals surface area contributed by atoms with Gasteiger partial charge in [0, 0.05) is 9.37 Å². The molecule has 0 N–H and O–H groups in total. The number of thiol groups is 1. The van der Waals surface area contributed by atoms with Gasteiger partial charge in [-0.05, 0) is 24.3 Å². The van der Waals surface area contributed by atoms with Crippen LogP contribution in [0, 0.1) is 0 Å². The van der Waals surface area contributed by atoms with E-state index in [1.165, 1.54) is 0 Å². The first-order valence-electron chi connectivity index (χ1n) is 2.23. The molecule has 0 unspecified atom stereocenters. The zero-order chi connectivity index (χ0) is 5.98. The van der Waals surface area contributed by atoms with E-state index < -0.39 is 0 Å². The molecule has 0 aromatic heterocycles. The summed E-state index contributed by atoms with van der Waals surface area (Å²) in [5.41, 5.74) is 0. The lowest BCUT2D eigenvalue weighted by molar-refractivity contribution is 1.46. The first-order chi connectivity index (χ1) is 3.79. The molecule has 0 radical (unpaired) electrons. The molecule has 13 heavy (non-hydrogen) atoms. The highest BCUT2D eigenvalue weighted by molar-refractivity contribution is 9.10. The van der Waals surface area contributed by atoms with E-state index in [1.807, 2.05) is 24.3 Å². The first kappa shape index (κ1) is 29.5. The monoisotopic (exact) mass is 588 g/mol. The van der Waals surface area contributed by atoms with Crippen molar-refractivity contribution in [1.82, 2.24) is 0 Å². The van der Waals surface area contributed by atoms with Gasteiger partial charge in [0.05, 0.1) is 0 Å². The largest absolute Gasteiger partial charge is 0.143 e. The van der Waals surface area contributed by atoms with Crippen molar-refractivity contribution in [1.29, 1.82) is 0 Å². The van der Waals surface area contributed by atoms with Gasteiger partial charge >= 0.3 is 0 Å². The molecule has 0 aliphatic rings. The van der Waals surface area contributed by atoms with Crippen LogP contribution in [0.5, 0.6) is 0 Å². The lowest BCUT2D eigenvalue weighted by Gasteiger charge is -1.87. The summed E-state index contributed by atoms with van der Waals surface area (Å²) in [4.78, 5) is 0.994. The van der Waals surface area contributed by atoms with Crippen LogP contribution in [-0.4, -0.2) is 0 Å². The van der Waals surface area contributed by atoms with Gasteiger partial charge in [-0.1, -0.05) is 15.9 Å². The number of halogens is 6. The molecule has 0 nitrogen and oxygen atoms in total. The van der Waals surface area contributed by atoms with E-state index in [2.05, 4.69) is 28.6 Å². The summed E-state index contributed by atoms with van der Waals surface area (Å²) in [5.74, 6) is 0. The third-order valence-corrected chi connectivity index (χ3v) is 1.65. The Morgan fingerprint density at radius 3 is 1.31 bits per heavy atom. The van der Waals surface area contributed by atoms with Gasteiger partial charge in [0.15, 0.2) is 0 Å². The fraction of sp³-hybridized carbons (Fsp3) is 0. The Balaban J connectivity index is -0.0000000427. The maximum Gasteiger partial charge on any atom is 0.0176 e. The van der Waals surface area contributed by atoms with Crippen LogP contribution in [-0.2, 0) is 0 Å². The SMILES string of the molecule is Br.Br.Br.Br.Br.Sc1ccc(Br)cc1. The molecule has 1 aromatic carbocycles. The summed E-state index contributed by atoms with van der Waals surface area (Å²) in [6.07, 6.45) is 0. The van der Waals surface area contributed by atoms with E-state index >= 15 is 0 Å². The van der Waals surface area contributed by atoms with Crippen LogP contribution in [0.15, 0.2) is 33.6 Å². The molecule has 0 aliphatic carbocycles. The normalized spacial score (nSPS) is 5.69. The Kier molecular flexibility index (Phi) is 38.3. The molecule has 0 atom stereocenters. The molecule has 1 aromatic rings. The second-order valence-electron chi connectivity index (χ2n) is 1.48. The highest BCUT2D eigenvalue weighted by Crippen LogP contribution is 2.11. The smallest absolute Gasteiger partial charge is 0.0176 e. The molecular formula is C6H10Br6S. The maximum atomic E-state index is 4.11. The molecule has 7 heteroatoms. The fourth-order valence-corrected chi connectivity index (χ4v) is 0.854. The van der Waals surface area contributed by atoms with E-state index in [-0.39, 0.29) is 84.9 Å². The van der Waals surface area contributed by atoms with Crippen molar-refractivity contribution < 1.29 is 0 Å². The summed E-state index contributed by atoms with van der Waals surface area (Å²) < 4.78 is 1.09.